The van der Waals surface area contributed by atoms with E-state index in [1.807, 2.05) is 0 Å². The summed E-state index contributed by atoms with van der Waals surface area (Å²) in [6.07, 6.45) is 4.59. The van der Waals surface area contributed by atoms with E-state index in [0.717, 1.165) is 17.5 Å². The Morgan fingerprint density at radius 3 is 2.92 bits per heavy atom. The Balaban J connectivity index is 1.48. The van der Waals surface area contributed by atoms with Crippen LogP contribution in [0.15, 0.2) is 57.8 Å². The summed E-state index contributed by atoms with van der Waals surface area (Å²) in [7, 11) is 0. The zero-order valence-corrected chi connectivity index (χ0v) is 20.0. The molecule has 5 rings (SSSR count). The highest BCUT2D eigenvalue weighted by Crippen LogP contribution is 2.33. The van der Waals surface area contributed by atoms with Crippen LogP contribution in [-0.4, -0.2) is 43.7 Å². The first-order valence-electron chi connectivity index (χ1n) is 10.9. The van der Waals surface area contributed by atoms with Gasteiger partial charge < -0.3 is 5.32 Å². The van der Waals surface area contributed by atoms with E-state index >= 15 is 0 Å². The second kappa shape index (κ2) is 10.1. The van der Waals surface area contributed by atoms with Crippen molar-refractivity contribution in [2.24, 2.45) is 11.0 Å². The molecule has 2 atom stereocenters. The van der Waals surface area contributed by atoms with E-state index in [1.54, 1.807) is 0 Å². The van der Waals surface area contributed by atoms with Crippen molar-refractivity contribution in [3.63, 3.8) is 0 Å². The second-order valence-corrected chi connectivity index (χ2v) is 9.52. The summed E-state index contributed by atoms with van der Waals surface area (Å²) < 4.78 is 27.9. The summed E-state index contributed by atoms with van der Waals surface area (Å²) in [4.78, 5) is 29.7. The van der Waals surface area contributed by atoms with Gasteiger partial charge in [-0.25, -0.2) is 13.8 Å². The number of allylic oxidation sites excluding steroid dienone is 2. The van der Waals surface area contributed by atoms with Crippen molar-refractivity contribution in [3.8, 4) is 17.7 Å². The van der Waals surface area contributed by atoms with Crippen LogP contribution in [0.2, 0.25) is 0 Å². The number of hydrogen-bond donors (Lipinski definition) is 3. The van der Waals surface area contributed by atoms with E-state index in [9.17, 15) is 18.4 Å². The lowest BCUT2D eigenvalue weighted by Gasteiger charge is -2.22. The van der Waals surface area contributed by atoms with Crippen LogP contribution in [0, 0.1) is 17.8 Å². The average molecular weight is 530 g/mol. The van der Waals surface area contributed by atoms with Gasteiger partial charge in [0.2, 0.25) is 0 Å². The molecule has 1 amide bonds. The molecule has 1 saturated carbocycles. The van der Waals surface area contributed by atoms with Crippen molar-refractivity contribution in [1.82, 2.24) is 30.8 Å². The van der Waals surface area contributed by atoms with Crippen LogP contribution in [0.3, 0.4) is 0 Å². The Bertz CT molecular complexity index is 1430. The Morgan fingerprint density at radius 1 is 1.33 bits per heavy atom. The lowest BCUT2D eigenvalue weighted by atomic mass is 9.97. The maximum Gasteiger partial charge on any atom is 0.272 e. The predicted molar refractivity (Wildman–Crippen MR) is 132 cm³/mol. The fourth-order valence-corrected chi connectivity index (χ4v) is 4.34. The molecule has 2 aliphatic heterocycles. The predicted octanol–water partition coefficient (Wildman–Crippen LogP) is 2.40. The Morgan fingerprint density at radius 2 is 2.17 bits per heavy atom. The number of hydrogen-bond acceptors (Lipinski definition) is 8. The normalized spacial score (nSPS) is 20.8. The molecule has 13 heteroatoms. The Labute approximate surface area is 213 Å². The number of halogens is 3. The number of hydrazone groups is 1. The molecular weight excluding hydrogens is 512 g/mol. The van der Waals surface area contributed by atoms with E-state index in [2.05, 4.69) is 43.1 Å². The molecule has 4 heterocycles. The zero-order chi connectivity index (χ0) is 25.2. The first kappa shape index (κ1) is 24.0. The molecule has 0 aromatic carbocycles. The van der Waals surface area contributed by atoms with Crippen molar-refractivity contribution in [3.05, 3.63) is 69.4 Å². The van der Waals surface area contributed by atoms with Crippen LogP contribution in [0.4, 0.5) is 8.78 Å². The van der Waals surface area contributed by atoms with Crippen LogP contribution in [0.25, 0.3) is 11.4 Å². The molecule has 36 heavy (non-hydrogen) atoms. The van der Waals surface area contributed by atoms with Crippen LogP contribution in [0.1, 0.15) is 28.8 Å². The number of amides is 1. The van der Waals surface area contributed by atoms with Gasteiger partial charge in [0.05, 0.1) is 10.6 Å². The number of nitrogens with one attached hydrogen (secondary N) is 3. The van der Waals surface area contributed by atoms with E-state index < -0.39 is 23.9 Å². The number of alkyl halides is 2. The minimum absolute atomic E-state index is 0.0475. The minimum atomic E-state index is -2.72. The van der Waals surface area contributed by atoms with Crippen LogP contribution in [-0.2, 0) is 0 Å². The number of dihydropyridines is 1. The number of nitrogens with zero attached hydrogens (tertiary/aromatic N) is 4. The quantitative estimate of drug-likeness (QED) is 0.521. The third-order valence-electron chi connectivity index (χ3n) is 5.36. The largest absolute Gasteiger partial charge is 0.378 e. The van der Waals surface area contributed by atoms with Gasteiger partial charge >= 0.3 is 0 Å². The topological polar surface area (TPSA) is 113 Å². The van der Waals surface area contributed by atoms with Crippen molar-refractivity contribution in [1.29, 1.82) is 0 Å². The molecule has 0 radical (unpaired) electrons. The summed E-state index contributed by atoms with van der Waals surface area (Å²) >= 11 is 7.59. The van der Waals surface area contributed by atoms with E-state index in [0.29, 0.717) is 11.1 Å². The molecule has 2 unspecified atom stereocenters. The smallest absolute Gasteiger partial charge is 0.272 e. The summed E-state index contributed by atoms with van der Waals surface area (Å²) in [5, 5.41) is 13.4. The van der Waals surface area contributed by atoms with Gasteiger partial charge in [0.1, 0.15) is 6.04 Å². The molecule has 0 spiro atoms. The van der Waals surface area contributed by atoms with Crippen LogP contribution >= 0.6 is 23.4 Å². The van der Waals surface area contributed by atoms with Gasteiger partial charge in [-0.05, 0) is 42.8 Å². The monoisotopic (exact) mass is 529 g/mol. The summed E-state index contributed by atoms with van der Waals surface area (Å²) in [6, 6.07) is 2.85. The third-order valence-corrected chi connectivity index (χ3v) is 6.55. The van der Waals surface area contributed by atoms with Gasteiger partial charge in [-0.3, -0.25) is 20.3 Å². The summed E-state index contributed by atoms with van der Waals surface area (Å²) in [5.41, 5.74) is 2.83. The molecule has 0 bridgehead atoms. The van der Waals surface area contributed by atoms with Crippen molar-refractivity contribution >= 4 is 40.0 Å². The number of aromatic nitrogens is 3. The average Bonchev–Trinajstić information content (AvgIpc) is 3.60. The summed E-state index contributed by atoms with van der Waals surface area (Å²) in [5.74, 6) is 6.15. The van der Waals surface area contributed by atoms with Crippen LogP contribution in [0.5, 0.6) is 0 Å². The first-order valence-corrected chi connectivity index (χ1v) is 12.1. The van der Waals surface area contributed by atoms with Crippen molar-refractivity contribution in [2.75, 3.05) is 0 Å². The highest BCUT2D eigenvalue weighted by Gasteiger charge is 2.28. The van der Waals surface area contributed by atoms with Gasteiger partial charge in [-0.2, -0.15) is 14.9 Å². The van der Waals surface area contributed by atoms with E-state index in [-0.39, 0.29) is 32.9 Å². The number of carbonyl (C=O) groups is 1. The molecule has 2 aromatic heterocycles. The van der Waals surface area contributed by atoms with E-state index in [4.69, 9.17) is 11.6 Å². The standard InChI is InChI=1S/C23H18ClF2N7O2S/c24-16-11-27-17(21(25)26)8-14(16)13-9-18(33-20(34)2-1-7-29-33)28-10-15(13)22(35)30-23-32-31-19(36-23)6-5-12-3-4-12/h1-2,7-12,17,19,21,27,31H,3-4H2,(H,30,32,35). The second-order valence-electron chi connectivity index (χ2n) is 8.02. The molecular formula is C23H18ClF2N7O2S. The Kier molecular flexibility index (Phi) is 6.75. The molecule has 184 valence electrons. The van der Waals surface area contributed by atoms with Gasteiger partial charge in [0, 0.05) is 41.7 Å². The molecule has 3 N–H and O–H groups in total. The van der Waals surface area contributed by atoms with Gasteiger partial charge in [-0.1, -0.05) is 23.4 Å². The maximum atomic E-state index is 13.5. The van der Waals surface area contributed by atoms with E-state index in [1.165, 1.54) is 54.6 Å². The number of rotatable bonds is 4. The zero-order valence-electron chi connectivity index (χ0n) is 18.4. The summed E-state index contributed by atoms with van der Waals surface area (Å²) in [6.45, 7) is 0. The molecule has 3 aliphatic rings. The molecule has 1 fully saturated rings. The maximum absolute atomic E-state index is 13.5. The molecule has 9 nitrogen and oxygen atoms in total. The molecule has 2 aromatic rings. The number of amidine groups is 1. The molecule has 0 saturated heterocycles. The third kappa shape index (κ3) is 5.27. The Hall–Kier alpha value is -3.69. The van der Waals surface area contributed by atoms with Gasteiger partial charge in [0.25, 0.3) is 17.9 Å². The fourth-order valence-electron chi connectivity index (χ4n) is 3.40. The highest BCUT2D eigenvalue weighted by molar-refractivity contribution is 8.14. The first-order chi connectivity index (χ1) is 17.4. The molecule has 1 aliphatic carbocycles. The number of carbonyl (C=O) groups excluding carboxylic acids is 1. The number of pyridine rings is 1. The number of thioether (sulfide) groups is 1. The fraction of sp³-hybridized carbons (Fsp3) is 0.261. The highest BCUT2D eigenvalue weighted by atomic mass is 35.5. The van der Waals surface area contributed by atoms with Crippen molar-refractivity contribution in [2.45, 2.75) is 30.7 Å². The lowest BCUT2D eigenvalue weighted by Crippen LogP contribution is -2.33. The lowest BCUT2D eigenvalue weighted by molar-refractivity contribution is 0.0977. The minimum Gasteiger partial charge on any atom is -0.378 e. The SMILES string of the molecule is O=C(NC1=NNC(C#CC2CC2)S1)c1cnc(-n2ncccc2=O)cc1C1=CC(C(F)F)NC=C1Cl. The van der Waals surface area contributed by atoms with Crippen LogP contribution < -0.4 is 21.6 Å². The van der Waals surface area contributed by atoms with Gasteiger partial charge in [0.15, 0.2) is 16.4 Å². The van der Waals surface area contributed by atoms with Crippen molar-refractivity contribution < 1.29 is 13.6 Å². The van der Waals surface area contributed by atoms with Gasteiger partial charge in [-0.15, -0.1) is 0 Å².